The summed E-state index contributed by atoms with van der Waals surface area (Å²) in [5.74, 6) is 1.64. The normalized spacial score (nSPS) is 19.2. The van der Waals surface area contributed by atoms with Gasteiger partial charge in [-0.1, -0.05) is 6.07 Å². The van der Waals surface area contributed by atoms with Crippen LogP contribution in [0.3, 0.4) is 0 Å². The summed E-state index contributed by atoms with van der Waals surface area (Å²) in [6.07, 6.45) is 5.98. The van der Waals surface area contributed by atoms with Gasteiger partial charge >= 0.3 is 0 Å². The Hall–Kier alpha value is -2.35. The number of nitrogens with two attached hydrogens (primary N) is 1. The lowest BCUT2D eigenvalue weighted by Crippen LogP contribution is -2.19. The fraction of sp³-hybridized carbons (Fsp3) is 0.333. The van der Waals surface area contributed by atoms with Crippen molar-refractivity contribution in [1.82, 2.24) is 14.7 Å². The minimum atomic E-state index is -0.175. The molecule has 7 heteroatoms. The zero-order chi connectivity index (χ0) is 19.7. The lowest BCUT2D eigenvalue weighted by Gasteiger charge is -2.13. The third kappa shape index (κ3) is 4.06. The van der Waals surface area contributed by atoms with Crippen LogP contribution >= 0.6 is 11.9 Å². The first-order valence-corrected chi connectivity index (χ1v) is 10.2. The molecule has 4 N–H and O–H groups in total. The van der Waals surface area contributed by atoms with Crippen LogP contribution < -0.4 is 10.5 Å². The third-order valence-corrected chi connectivity index (χ3v) is 6.01. The van der Waals surface area contributed by atoms with Gasteiger partial charge in [0.2, 0.25) is 0 Å². The van der Waals surface area contributed by atoms with Gasteiger partial charge in [0.1, 0.15) is 5.82 Å². The van der Waals surface area contributed by atoms with E-state index in [0.29, 0.717) is 23.5 Å². The summed E-state index contributed by atoms with van der Waals surface area (Å²) in [5, 5.41) is 9.69. The number of aliphatic hydroxyl groups excluding tert-OH is 1. The maximum Gasteiger partial charge on any atom is 0.191 e. The zero-order valence-corrected chi connectivity index (χ0v) is 16.8. The van der Waals surface area contributed by atoms with Gasteiger partial charge in [0.25, 0.3) is 0 Å². The van der Waals surface area contributed by atoms with E-state index in [1.165, 1.54) is 0 Å². The number of hydrogen-bond acceptors (Lipinski definition) is 7. The zero-order valence-electron chi connectivity index (χ0n) is 16.0. The van der Waals surface area contributed by atoms with Crippen molar-refractivity contribution in [3.05, 3.63) is 48.1 Å². The quantitative estimate of drug-likeness (QED) is 0.558. The fourth-order valence-corrected chi connectivity index (χ4v) is 4.33. The van der Waals surface area contributed by atoms with E-state index >= 15 is 0 Å². The Morgan fingerprint density at radius 2 is 2.00 bits per heavy atom. The fourth-order valence-electron chi connectivity index (χ4n) is 3.50. The van der Waals surface area contributed by atoms with E-state index < -0.39 is 0 Å². The molecule has 146 valence electrons. The van der Waals surface area contributed by atoms with Crippen LogP contribution in [0.4, 0.5) is 5.82 Å². The molecule has 0 aliphatic heterocycles. The van der Waals surface area contributed by atoms with Crippen molar-refractivity contribution >= 4 is 17.8 Å². The van der Waals surface area contributed by atoms with Gasteiger partial charge in [0, 0.05) is 29.6 Å². The molecule has 2 heterocycles. The minimum Gasteiger partial charge on any atom is -0.441 e. The Kier molecular flexibility index (Phi) is 5.39. The van der Waals surface area contributed by atoms with E-state index in [1.54, 1.807) is 31.3 Å². The van der Waals surface area contributed by atoms with Crippen molar-refractivity contribution in [3.63, 3.8) is 0 Å². The number of rotatable bonds is 5. The Bertz CT molecular complexity index is 988. The summed E-state index contributed by atoms with van der Waals surface area (Å²) < 4.78 is 9.11. The number of hydrogen-bond donors (Lipinski definition) is 3. The molecule has 1 fully saturated rings. The van der Waals surface area contributed by atoms with Gasteiger partial charge in [-0.15, -0.1) is 0 Å². The molecule has 1 aromatic carbocycles. The molecule has 0 radical (unpaired) electrons. The number of aryl methyl sites for hydroxylation is 2. The molecule has 0 bridgehead atoms. The lowest BCUT2D eigenvalue weighted by atomic mass is 10.0. The molecule has 0 spiro atoms. The molecule has 1 saturated carbocycles. The molecule has 2 atom stereocenters. The predicted molar refractivity (Wildman–Crippen MR) is 112 cm³/mol. The summed E-state index contributed by atoms with van der Waals surface area (Å²) >= 11 is 1.61. The maximum absolute atomic E-state index is 9.69. The van der Waals surface area contributed by atoms with Crippen LogP contribution in [-0.2, 0) is 0 Å². The monoisotopic (exact) mass is 396 g/mol. The average Bonchev–Trinajstić information content (AvgIpc) is 3.30. The van der Waals surface area contributed by atoms with Crippen LogP contribution in [0.5, 0.6) is 0 Å². The Labute approximate surface area is 168 Å². The molecule has 0 amide bonds. The Morgan fingerprint density at radius 3 is 2.71 bits per heavy atom. The van der Waals surface area contributed by atoms with Crippen LogP contribution in [0.15, 0.2) is 46.0 Å². The average molecular weight is 397 g/mol. The highest BCUT2D eigenvalue weighted by Gasteiger charge is 2.22. The van der Waals surface area contributed by atoms with Crippen molar-refractivity contribution in [1.29, 1.82) is 0 Å². The number of anilines is 1. The summed E-state index contributed by atoms with van der Waals surface area (Å²) in [5.41, 5.74) is 10.1. The summed E-state index contributed by atoms with van der Waals surface area (Å²) in [4.78, 5) is 9.65. The molecular weight excluding hydrogens is 372 g/mol. The molecule has 0 saturated heterocycles. The van der Waals surface area contributed by atoms with Crippen LogP contribution in [0.25, 0.3) is 22.5 Å². The molecule has 3 aromatic rings. The molecule has 2 unspecified atom stereocenters. The minimum absolute atomic E-state index is 0.175. The molecule has 2 aromatic heterocycles. The number of nitrogen functional groups attached to an aromatic ring is 1. The van der Waals surface area contributed by atoms with Crippen molar-refractivity contribution in [2.24, 2.45) is 0 Å². The van der Waals surface area contributed by atoms with Crippen LogP contribution in [-0.4, -0.2) is 27.2 Å². The standard InChI is InChI=1S/C21H24N4O2S/c1-12-3-6-17(28-25-15-4-5-16(26)8-15)9-18(12)14-7-19(21(22)24-10-14)20-11-23-13(2)27-20/h3,6-7,9-11,15-16,25-26H,4-5,8H2,1-2H3,(H2,22,24). The smallest absolute Gasteiger partial charge is 0.191 e. The first-order chi connectivity index (χ1) is 13.5. The van der Waals surface area contributed by atoms with Gasteiger partial charge in [0.15, 0.2) is 11.7 Å². The second-order valence-corrected chi connectivity index (χ2v) is 8.17. The molecule has 1 aliphatic carbocycles. The third-order valence-electron chi connectivity index (χ3n) is 5.07. The van der Waals surface area contributed by atoms with E-state index in [4.69, 9.17) is 10.2 Å². The van der Waals surface area contributed by atoms with Crippen molar-refractivity contribution in [2.45, 2.75) is 50.2 Å². The van der Waals surface area contributed by atoms with Crippen molar-refractivity contribution < 1.29 is 9.52 Å². The van der Waals surface area contributed by atoms with E-state index in [1.807, 2.05) is 6.07 Å². The number of oxazole rings is 1. The summed E-state index contributed by atoms with van der Waals surface area (Å²) in [6, 6.07) is 8.72. The lowest BCUT2D eigenvalue weighted by molar-refractivity contribution is 0.181. The Morgan fingerprint density at radius 1 is 1.14 bits per heavy atom. The van der Waals surface area contributed by atoms with Crippen LogP contribution in [0, 0.1) is 13.8 Å². The number of aromatic nitrogens is 2. The molecular formula is C21H24N4O2S. The first kappa shape index (κ1) is 19.0. The highest BCUT2D eigenvalue weighted by Crippen LogP contribution is 2.33. The van der Waals surface area contributed by atoms with Gasteiger partial charge < -0.3 is 15.3 Å². The number of nitrogens with zero attached hydrogens (tertiary/aromatic N) is 2. The second kappa shape index (κ2) is 7.95. The van der Waals surface area contributed by atoms with E-state index in [2.05, 4.69) is 39.8 Å². The van der Waals surface area contributed by atoms with Gasteiger partial charge in [-0.2, -0.15) is 0 Å². The van der Waals surface area contributed by atoms with E-state index in [9.17, 15) is 5.11 Å². The molecule has 1 aliphatic rings. The highest BCUT2D eigenvalue weighted by atomic mass is 32.2. The van der Waals surface area contributed by atoms with Gasteiger partial charge in [-0.3, -0.25) is 4.72 Å². The summed E-state index contributed by atoms with van der Waals surface area (Å²) in [7, 11) is 0. The number of nitrogens with one attached hydrogen (secondary N) is 1. The molecule has 4 rings (SSSR count). The van der Waals surface area contributed by atoms with Crippen LogP contribution in [0.1, 0.15) is 30.7 Å². The first-order valence-electron chi connectivity index (χ1n) is 9.39. The largest absolute Gasteiger partial charge is 0.441 e. The van der Waals surface area contributed by atoms with Gasteiger partial charge in [-0.05, 0) is 67.5 Å². The van der Waals surface area contributed by atoms with E-state index in [-0.39, 0.29) is 6.10 Å². The second-order valence-electron chi connectivity index (χ2n) is 7.26. The topological polar surface area (TPSA) is 97.2 Å². The van der Waals surface area contributed by atoms with Gasteiger partial charge in [0.05, 0.1) is 17.9 Å². The molecule has 6 nitrogen and oxygen atoms in total. The maximum atomic E-state index is 9.69. The summed E-state index contributed by atoms with van der Waals surface area (Å²) in [6.45, 7) is 3.89. The number of pyridine rings is 1. The predicted octanol–water partition coefficient (Wildman–Crippen LogP) is 4.11. The van der Waals surface area contributed by atoms with Crippen LogP contribution in [0.2, 0.25) is 0 Å². The Balaban J connectivity index is 1.60. The molecule has 28 heavy (non-hydrogen) atoms. The van der Waals surface area contributed by atoms with E-state index in [0.717, 1.165) is 46.4 Å². The number of aliphatic hydroxyl groups is 1. The highest BCUT2D eigenvalue weighted by molar-refractivity contribution is 7.97. The SMILES string of the molecule is Cc1ncc(-c2cc(-c3cc(SNC4CCC(O)C4)ccc3C)cnc2N)o1. The van der Waals surface area contributed by atoms with Crippen molar-refractivity contribution in [2.75, 3.05) is 5.73 Å². The van der Waals surface area contributed by atoms with Gasteiger partial charge in [-0.25, -0.2) is 9.97 Å². The number of benzene rings is 1. The van der Waals surface area contributed by atoms with Crippen molar-refractivity contribution in [3.8, 4) is 22.5 Å².